The molecule has 1 aliphatic carbocycles. The summed E-state index contributed by atoms with van der Waals surface area (Å²) in [6, 6.07) is 0.000833. The van der Waals surface area contributed by atoms with E-state index < -0.39 is 9.84 Å². The highest BCUT2D eigenvalue weighted by molar-refractivity contribution is 7.91. The zero-order valence-corrected chi connectivity index (χ0v) is 9.35. The predicted molar refractivity (Wildman–Crippen MR) is 57.1 cm³/mol. The number of nitrogens with one attached hydrogen (secondary N) is 1. The third-order valence-electron chi connectivity index (χ3n) is 2.83. The molecule has 0 saturated carbocycles. The van der Waals surface area contributed by atoms with Gasteiger partial charge in [0.25, 0.3) is 0 Å². The van der Waals surface area contributed by atoms with Gasteiger partial charge in [-0.1, -0.05) is 0 Å². The van der Waals surface area contributed by atoms with Gasteiger partial charge < -0.3 is 5.32 Å². The molecule has 1 aliphatic heterocycles. The molecule has 0 aromatic rings. The average Bonchev–Trinajstić information content (AvgIpc) is 2.49. The Labute approximate surface area is 89.7 Å². The number of carbonyl (C=O) groups is 1. The molecule has 0 aromatic heterocycles. The fraction of sp³-hybridized carbons (Fsp3) is 0.700. The lowest BCUT2D eigenvalue weighted by molar-refractivity contribution is -0.114. The molecular formula is C10H15NO3S. The average molecular weight is 229 g/mol. The van der Waals surface area contributed by atoms with E-state index in [1.165, 1.54) is 0 Å². The zero-order valence-electron chi connectivity index (χ0n) is 8.53. The Hall–Kier alpha value is -0.840. The third kappa shape index (κ3) is 2.81. The molecule has 1 fully saturated rings. The maximum atomic E-state index is 11.4. The number of hydrogen-bond donors (Lipinski definition) is 1. The molecule has 4 nitrogen and oxygen atoms in total. The molecule has 1 atom stereocenters. The van der Waals surface area contributed by atoms with Gasteiger partial charge in [0.05, 0.1) is 11.5 Å². The first-order chi connectivity index (χ1) is 7.05. The molecule has 1 saturated heterocycles. The monoisotopic (exact) mass is 229 g/mol. The van der Waals surface area contributed by atoms with Crippen molar-refractivity contribution in [3.63, 3.8) is 0 Å². The second kappa shape index (κ2) is 3.96. The number of hydrogen-bond acceptors (Lipinski definition) is 4. The summed E-state index contributed by atoms with van der Waals surface area (Å²) in [7, 11) is -2.86. The molecule has 0 spiro atoms. The lowest BCUT2D eigenvalue weighted by atomic mass is 10.2. The van der Waals surface area contributed by atoms with Crippen molar-refractivity contribution < 1.29 is 13.2 Å². The first-order valence-electron chi connectivity index (χ1n) is 5.25. The van der Waals surface area contributed by atoms with E-state index in [1.807, 2.05) is 0 Å². The Bertz CT molecular complexity index is 397. The summed E-state index contributed by atoms with van der Waals surface area (Å²) in [5, 5.41) is 3.16. The molecule has 1 heterocycles. The van der Waals surface area contributed by atoms with E-state index in [2.05, 4.69) is 5.32 Å². The van der Waals surface area contributed by atoms with Crippen LogP contribution in [0.1, 0.15) is 25.7 Å². The van der Waals surface area contributed by atoms with Crippen LogP contribution in [0.2, 0.25) is 0 Å². The molecule has 2 rings (SSSR count). The van der Waals surface area contributed by atoms with Crippen LogP contribution in [0.5, 0.6) is 0 Å². The van der Waals surface area contributed by atoms with Crippen molar-refractivity contribution in [3.8, 4) is 0 Å². The van der Waals surface area contributed by atoms with E-state index in [9.17, 15) is 13.2 Å². The highest BCUT2D eigenvalue weighted by Crippen LogP contribution is 2.17. The van der Waals surface area contributed by atoms with Crippen LogP contribution in [0.15, 0.2) is 11.8 Å². The van der Waals surface area contributed by atoms with Crippen LogP contribution in [0.4, 0.5) is 0 Å². The summed E-state index contributed by atoms with van der Waals surface area (Å²) in [6.45, 7) is 0. The summed E-state index contributed by atoms with van der Waals surface area (Å²) in [4.78, 5) is 11.0. The quantitative estimate of drug-likeness (QED) is 0.744. The van der Waals surface area contributed by atoms with Crippen LogP contribution in [0.25, 0.3) is 0 Å². The summed E-state index contributed by atoms with van der Waals surface area (Å²) in [5.74, 6) is 0.651. The van der Waals surface area contributed by atoms with Crippen molar-refractivity contribution in [1.29, 1.82) is 0 Å². The minimum Gasteiger partial charge on any atom is -0.384 e. The SMILES string of the molecule is O=C1C=C(NC2CCCS(=O)(=O)C2)CC1. The van der Waals surface area contributed by atoms with Gasteiger partial charge in [-0.2, -0.15) is 0 Å². The van der Waals surface area contributed by atoms with Gasteiger partial charge in [-0.25, -0.2) is 8.42 Å². The maximum Gasteiger partial charge on any atom is 0.157 e. The highest BCUT2D eigenvalue weighted by atomic mass is 32.2. The predicted octanol–water partition coefficient (Wildman–Crippen LogP) is 0.400. The Balaban J connectivity index is 1.95. The highest BCUT2D eigenvalue weighted by Gasteiger charge is 2.25. The fourth-order valence-electron chi connectivity index (χ4n) is 2.11. The zero-order chi connectivity index (χ0) is 10.9. The number of carbonyl (C=O) groups excluding carboxylic acids is 1. The van der Waals surface area contributed by atoms with Crippen LogP contribution in [0, 0.1) is 0 Å². The minimum absolute atomic E-state index is 0.000833. The van der Waals surface area contributed by atoms with Gasteiger partial charge in [-0.3, -0.25) is 4.79 Å². The van der Waals surface area contributed by atoms with Crippen molar-refractivity contribution in [3.05, 3.63) is 11.8 Å². The molecule has 0 bridgehead atoms. The largest absolute Gasteiger partial charge is 0.384 e. The number of sulfone groups is 1. The summed E-state index contributed by atoms with van der Waals surface area (Å²) >= 11 is 0. The number of ketones is 1. The smallest absolute Gasteiger partial charge is 0.157 e. The Morgan fingerprint density at radius 3 is 2.73 bits per heavy atom. The normalized spacial score (nSPS) is 30.0. The van der Waals surface area contributed by atoms with E-state index >= 15 is 0 Å². The Morgan fingerprint density at radius 1 is 1.33 bits per heavy atom. The van der Waals surface area contributed by atoms with Crippen molar-refractivity contribution in [2.45, 2.75) is 31.7 Å². The second-order valence-electron chi connectivity index (χ2n) is 4.23. The third-order valence-corrected chi connectivity index (χ3v) is 4.65. The van der Waals surface area contributed by atoms with E-state index in [1.54, 1.807) is 6.08 Å². The van der Waals surface area contributed by atoms with Gasteiger partial charge in [-0.15, -0.1) is 0 Å². The fourth-order valence-corrected chi connectivity index (χ4v) is 3.75. The molecule has 84 valence electrons. The van der Waals surface area contributed by atoms with Gasteiger partial charge in [0.2, 0.25) is 0 Å². The van der Waals surface area contributed by atoms with Crippen LogP contribution in [-0.4, -0.2) is 31.7 Å². The molecule has 2 aliphatic rings. The summed E-state index contributed by atoms with van der Waals surface area (Å²) in [6.07, 6.45) is 4.49. The summed E-state index contributed by atoms with van der Waals surface area (Å²) in [5.41, 5.74) is 0.905. The van der Waals surface area contributed by atoms with E-state index in [4.69, 9.17) is 0 Å². The van der Waals surface area contributed by atoms with Crippen molar-refractivity contribution in [2.75, 3.05) is 11.5 Å². The van der Waals surface area contributed by atoms with Gasteiger partial charge >= 0.3 is 0 Å². The Morgan fingerprint density at radius 2 is 2.13 bits per heavy atom. The maximum absolute atomic E-state index is 11.4. The second-order valence-corrected chi connectivity index (χ2v) is 6.46. The molecule has 1 N–H and O–H groups in total. The number of rotatable bonds is 2. The molecule has 0 amide bonds. The standard InChI is InChI=1S/C10H15NO3S/c12-10-4-3-8(6-10)11-9-2-1-5-15(13,14)7-9/h6,9,11H,1-5,7H2. The first kappa shape index (κ1) is 10.7. The van der Waals surface area contributed by atoms with E-state index in [0.717, 1.165) is 25.0 Å². The molecule has 0 aromatic carbocycles. The molecule has 0 radical (unpaired) electrons. The molecular weight excluding hydrogens is 214 g/mol. The van der Waals surface area contributed by atoms with Crippen LogP contribution in [0.3, 0.4) is 0 Å². The lowest BCUT2D eigenvalue weighted by Crippen LogP contribution is -2.39. The van der Waals surface area contributed by atoms with Crippen molar-refractivity contribution in [2.24, 2.45) is 0 Å². The lowest BCUT2D eigenvalue weighted by Gasteiger charge is -2.24. The molecule has 1 unspecified atom stereocenters. The van der Waals surface area contributed by atoms with E-state index in [0.29, 0.717) is 12.2 Å². The van der Waals surface area contributed by atoms with Gasteiger partial charge in [0, 0.05) is 24.2 Å². The van der Waals surface area contributed by atoms with Crippen LogP contribution < -0.4 is 5.32 Å². The van der Waals surface area contributed by atoms with Gasteiger partial charge in [0.15, 0.2) is 15.6 Å². The van der Waals surface area contributed by atoms with Crippen molar-refractivity contribution in [1.82, 2.24) is 5.32 Å². The molecule has 5 heteroatoms. The first-order valence-corrected chi connectivity index (χ1v) is 7.08. The van der Waals surface area contributed by atoms with Crippen LogP contribution >= 0.6 is 0 Å². The minimum atomic E-state index is -2.86. The summed E-state index contributed by atoms with van der Waals surface area (Å²) < 4.78 is 22.7. The molecule has 15 heavy (non-hydrogen) atoms. The van der Waals surface area contributed by atoms with Gasteiger partial charge in [-0.05, 0) is 19.3 Å². The van der Waals surface area contributed by atoms with Gasteiger partial charge in [0.1, 0.15) is 0 Å². The Kier molecular flexibility index (Phi) is 2.82. The van der Waals surface area contributed by atoms with Crippen molar-refractivity contribution >= 4 is 15.6 Å². The number of allylic oxidation sites excluding steroid dienone is 2. The van der Waals surface area contributed by atoms with Crippen LogP contribution in [-0.2, 0) is 14.6 Å². The topological polar surface area (TPSA) is 63.2 Å². The van der Waals surface area contributed by atoms with E-state index in [-0.39, 0.29) is 17.6 Å².